The Kier molecular flexibility index (Phi) is 7.99. The van der Waals surface area contributed by atoms with Crippen LogP contribution in [0.25, 0.3) is 11.3 Å². The van der Waals surface area contributed by atoms with Gasteiger partial charge in [0.05, 0.1) is 11.9 Å². The first-order valence-electron chi connectivity index (χ1n) is 13.3. The van der Waals surface area contributed by atoms with E-state index < -0.39 is 39.3 Å². The molecule has 0 unspecified atom stereocenters. The van der Waals surface area contributed by atoms with Gasteiger partial charge in [0.1, 0.15) is 16.2 Å². The van der Waals surface area contributed by atoms with E-state index in [1.807, 2.05) is 19.1 Å². The highest BCUT2D eigenvalue weighted by Gasteiger charge is 2.41. The van der Waals surface area contributed by atoms with E-state index in [0.29, 0.717) is 11.5 Å². The van der Waals surface area contributed by atoms with Crippen LogP contribution in [0.2, 0.25) is 0 Å². The number of likely N-dealkylation sites (tertiary alicyclic amines) is 1. The Hall–Kier alpha value is -3.97. The molecule has 0 spiro atoms. The van der Waals surface area contributed by atoms with Gasteiger partial charge < -0.3 is 9.64 Å². The minimum atomic E-state index is -4.92. The van der Waals surface area contributed by atoms with E-state index in [-0.39, 0.29) is 16.2 Å². The third kappa shape index (κ3) is 6.41. The van der Waals surface area contributed by atoms with Crippen LogP contribution in [0.15, 0.2) is 59.8 Å². The maximum absolute atomic E-state index is 14.7. The first-order chi connectivity index (χ1) is 19.8. The molecule has 0 saturated carbocycles. The van der Waals surface area contributed by atoms with Gasteiger partial charge in [0, 0.05) is 18.8 Å². The van der Waals surface area contributed by atoms with E-state index in [1.54, 1.807) is 31.2 Å². The molecule has 0 atom stereocenters. The molecule has 42 heavy (non-hydrogen) atoms. The van der Waals surface area contributed by atoms with E-state index in [9.17, 15) is 21.6 Å². The third-order valence-corrected chi connectivity index (χ3v) is 8.58. The van der Waals surface area contributed by atoms with Crippen molar-refractivity contribution in [3.63, 3.8) is 0 Å². The number of piperidine rings is 1. The molecule has 2 aromatic heterocycles. The number of hydrogen-bond donors (Lipinski definition) is 1. The molecule has 1 aliphatic heterocycles. The summed E-state index contributed by atoms with van der Waals surface area (Å²) in [6, 6.07) is 11.8. The number of benzene rings is 2. The number of alkyl halides is 3. The number of anilines is 1. The van der Waals surface area contributed by atoms with Gasteiger partial charge in [-0.2, -0.15) is 23.3 Å². The smallest absolute Gasteiger partial charge is 0.423 e. The van der Waals surface area contributed by atoms with Gasteiger partial charge in [-0.15, -0.1) is 0 Å². The lowest BCUT2D eigenvalue weighted by Crippen LogP contribution is -2.29. The first kappa shape index (κ1) is 29.5. The Morgan fingerprint density at radius 3 is 2.29 bits per heavy atom. The van der Waals surface area contributed by atoms with Gasteiger partial charge in [-0.1, -0.05) is 35.9 Å². The zero-order valence-electron chi connectivity index (χ0n) is 23.6. The Morgan fingerprint density at radius 1 is 1.00 bits per heavy atom. The van der Waals surface area contributed by atoms with Crippen molar-refractivity contribution in [2.24, 2.45) is 7.05 Å². The molecular formula is C29H31F3N6O3S. The van der Waals surface area contributed by atoms with Gasteiger partial charge in [0.25, 0.3) is 10.0 Å². The van der Waals surface area contributed by atoms with Crippen molar-refractivity contribution in [3.05, 3.63) is 77.1 Å². The van der Waals surface area contributed by atoms with Gasteiger partial charge in [-0.3, -0.25) is 4.68 Å². The summed E-state index contributed by atoms with van der Waals surface area (Å²) in [6.07, 6.45) is -0.584. The lowest BCUT2D eigenvalue weighted by molar-refractivity contribution is -0.138. The predicted octanol–water partition coefficient (Wildman–Crippen LogP) is 5.92. The van der Waals surface area contributed by atoms with Gasteiger partial charge in [-0.05, 0) is 76.0 Å². The predicted molar refractivity (Wildman–Crippen MR) is 152 cm³/mol. The second-order valence-corrected chi connectivity index (χ2v) is 12.3. The fourth-order valence-electron chi connectivity index (χ4n) is 5.07. The maximum Gasteiger partial charge on any atom is 0.423 e. The summed E-state index contributed by atoms with van der Waals surface area (Å²) in [4.78, 5) is 10.1. The number of ether oxygens (including phenoxy) is 1. The van der Waals surface area contributed by atoms with Crippen LogP contribution >= 0.6 is 0 Å². The normalized spacial score (nSPS) is 15.1. The maximum atomic E-state index is 14.7. The second-order valence-electron chi connectivity index (χ2n) is 10.6. The van der Waals surface area contributed by atoms with Crippen LogP contribution in [-0.4, -0.2) is 53.2 Å². The molecule has 3 heterocycles. The van der Waals surface area contributed by atoms with Crippen LogP contribution in [0.5, 0.6) is 11.6 Å². The zero-order chi connectivity index (χ0) is 30.2. The largest absolute Gasteiger partial charge is 0.438 e. The number of nitrogens with zero attached hydrogens (tertiary/aromatic N) is 5. The molecule has 1 aliphatic rings. The summed E-state index contributed by atoms with van der Waals surface area (Å²) >= 11 is 0. The number of sulfonamides is 1. The molecule has 1 saturated heterocycles. The van der Waals surface area contributed by atoms with Crippen LogP contribution < -0.4 is 9.46 Å². The van der Waals surface area contributed by atoms with E-state index in [4.69, 9.17) is 4.74 Å². The SMILES string of the molecule is Cc1ccc(-c2nc(NS(=O)(=O)c3cnn(C)c3)nc(Oc3ccc(C4CCN(C)CC4)cc3)c2C(F)(F)F)c(C)c1. The summed E-state index contributed by atoms with van der Waals surface area (Å²) in [5.41, 5.74) is 0.899. The van der Waals surface area contributed by atoms with E-state index in [0.717, 1.165) is 43.3 Å². The van der Waals surface area contributed by atoms with Crippen molar-refractivity contribution in [2.45, 2.75) is 43.7 Å². The summed E-state index contributed by atoms with van der Waals surface area (Å²) in [6.45, 7) is 5.42. The molecule has 1 fully saturated rings. The minimum Gasteiger partial charge on any atom is -0.438 e. The molecule has 9 nitrogen and oxygen atoms in total. The van der Waals surface area contributed by atoms with Crippen molar-refractivity contribution in [2.75, 3.05) is 24.9 Å². The second kappa shape index (κ2) is 11.4. The van der Waals surface area contributed by atoms with Crippen molar-refractivity contribution in [1.29, 1.82) is 0 Å². The molecule has 5 rings (SSSR count). The molecule has 0 radical (unpaired) electrons. The van der Waals surface area contributed by atoms with Gasteiger partial charge >= 0.3 is 6.18 Å². The van der Waals surface area contributed by atoms with Gasteiger partial charge in [0.15, 0.2) is 0 Å². The molecule has 0 bridgehead atoms. The number of aromatic nitrogens is 4. The topological polar surface area (TPSA) is 102 Å². The Morgan fingerprint density at radius 2 is 1.69 bits per heavy atom. The van der Waals surface area contributed by atoms with Crippen LogP contribution in [0.1, 0.15) is 41.0 Å². The lowest BCUT2D eigenvalue weighted by Gasteiger charge is -2.29. The van der Waals surface area contributed by atoms with Gasteiger partial charge in [0.2, 0.25) is 11.8 Å². The van der Waals surface area contributed by atoms with Crippen LogP contribution in [-0.2, 0) is 23.2 Å². The zero-order valence-corrected chi connectivity index (χ0v) is 24.4. The summed E-state index contributed by atoms with van der Waals surface area (Å²) in [5.74, 6) is -0.906. The molecule has 0 amide bonds. The van der Waals surface area contributed by atoms with Crippen LogP contribution in [0.4, 0.5) is 19.1 Å². The monoisotopic (exact) mass is 600 g/mol. The highest BCUT2D eigenvalue weighted by molar-refractivity contribution is 7.92. The van der Waals surface area contributed by atoms with Crippen LogP contribution in [0, 0.1) is 13.8 Å². The first-order valence-corrected chi connectivity index (χ1v) is 14.8. The third-order valence-electron chi connectivity index (χ3n) is 7.30. The fraction of sp³-hybridized carbons (Fsp3) is 0.345. The molecule has 2 aromatic carbocycles. The van der Waals surface area contributed by atoms with E-state index >= 15 is 0 Å². The highest BCUT2D eigenvalue weighted by atomic mass is 32.2. The molecular weight excluding hydrogens is 569 g/mol. The molecule has 1 N–H and O–H groups in total. The Balaban J connectivity index is 1.59. The minimum absolute atomic E-state index is 0.128. The van der Waals surface area contributed by atoms with E-state index in [1.165, 1.54) is 24.0 Å². The summed E-state index contributed by atoms with van der Waals surface area (Å²) < 4.78 is 79.3. The Labute approximate surface area is 242 Å². The summed E-state index contributed by atoms with van der Waals surface area (Å²) in [5, 5.41) is 3.85. The van der Waals surface area contributed by atoms with Crippen molar-refractivity contribution in [3.8, 4) is 22.9 Å². The van der Waals surface area contributed by atoms with Crippen LogP contribution in [0.3, 0.4) is 0 Å². The fourth-order valence-corrected chi connectivity index (χ4v) is 5.99. The van der Waals surface area contributed by atoms with Gasteiger partial charge in [-0.25, -0.2) is 18.1 Å². The number of aryl methyl sites for hydroxylation is 3. The molecule has 13 heteroatoms. The number of halogens is 3. The van der Waals surface area contributed by atoms with E-state index in [2.05, 4.69) is 31.7 Å². The van der Waals surface area contributed by atoms with Crippen molar-refractivity contribution < 1.29 is 26.3 Å². The number of hydrogen-bond acceptors (Lipinski definition) is 7. The average molecular weight is 601 g/mol. The average Bonchev–Trinajstić information content (AvgIpc) is 3.36. The standard InChI is InChI=1S/C29H31F3N6O3S/c1-18-5-10-24(19(2)15-18)26-25(29(30,31)32)27(35-28(34-26)36-42(39,40)23-16-33-38(4)17-23)41-22-8-6-20(7-9-22)21-11-13-37(3)14-12-21/h5-10,15-17,21H,11-14H2,1-4H3,(H,34,35,36). The highest BCUT2D eigenvalue weighted by Crippen LogP contribution is 2.44. The number of nitrogens with one attached hydrogen (secondary N) is 1. The van der Waals surface area contributed by atoms with Crippen molar-refractivity contribution in [1.82, 2.24) is 24.6 Å². The number of rotatable bonds is 7. The lowest BCUT2D eigenvalue weighted by atomic mass is 9.90. The molecule has 4 aromatic rings. The molecule has 222 valence electrons. The quantitative estimate of drug-likeness (QED) is 0.281. The molecule has 0 aliphatic carbocycles. The van der Waals surface area contributed by atoms with Crippen molar-refractivity contribution >= 4 is 16.0 Å². The Bertz CT molecular complexity index is 1700. The summed E-state index contributed by atoms with van der Waals surface area (Å²) in [7, 11) is -0.655.